The molecule has 4 aromatic rings. The Balaban J connectivity index is 0.00000405. The maximum absolute atomic E-state index is 14.8. The van der Waals surface area contributed by atoms with Crippen molar-refractivity contribution in [3.63, 3.8) is 0 Å². The lowest BCUT2D eigenvalue weighted by atomic mass is 10.0. The van der Waals surface area contributed by atoms with Crippen LogP contribution in [0.15, 0.2) is 55.0 Å². The summed E-state index contributed by atoms with van der Waals surface area (Å²) in [7, 11) is 1.31. The molecule has 3 N–H and O–H groups in total. The number of nitrogens with zero attached hydrogens (tertiary/aromatic N) is 6. The van der Waals surface area contributed by atoms with E-state index in [9.17, 15) is 27.7 Å². The average Bonchev–Trinajstić information content (AvgIpc) is 3.44. The molecule has 16 heteroatoms. The van der Waals surface area contributed by atoms with E-state index in [-0.39, 0.29) is 57.3 Å². The molecule has 1 aromatic carbocycles. The number of ether oxygens (including phenoxy) is 1. The fraction of sp³-hybridized carbons (Fsp3) is 0.269. The van der Waals surface area contributed by atoms with Gasteiger partial charge in [-0.15, -0.1) is 25.6 Å². The molecule has 1 atom stereocenters. The largest absolute Gasteiger partial charge is 0.504 e. The first-order valence-corrected chi connectivity index (χ1v) is 12.4. The molecule has 42 heavy (non-hydrogen) atoms. The average molecular weight is 609 g/mol. The van der Waals surface area contributed by atoms with Crippen molar-refractivity contribution in [1.82, 2.24) is 19.7 Å². The number of rotatable bonds is 7. The maximum Gasteiger partial charge on any atom is 0.504 e. The molecule has 0 spiro atoms. The number of halogens is 5. The van der Waals surface area contributed by atoms with Gasteiger partial charge in [0, 0.05) is 60.5 Å². The molecule has 0 saturated carbocycles. The van der Waals surface area contributed by atoms with Gasteiger partial charge in [0.05, 0.1) is 23.8 Å². The Morgan fingerprint density at radius 3 is 2.64 bits per heavy atom. The minimum absolute atomic E-state index is 0. The van der Waals surface area contributed by atoms with Gasteiger partial charge >= 0.3 is 6.30 Å². The van der Waals surface area contributed by atoms with Crippen LogP contribution in [-0.4, -0.2) is 50.9 Å². The lowest BCUT2D eigenvalue weighted by Crippen LogP contribution is -2.43. The molecule has 0 bridgehead atoms. The zero-order valence-corrected chi connectivity index (χ0v) is 22.8. The van der Waals surface area contributed by atoms with Crippen LogP contribution < -0.4 is 20.7 Å². The third-order valence-electron chi connectivity index (χ3n) is 6.59. The zero-order valence-electron chi connectivity index (χ0n) is 22.0. The van der Waals surface area contributed by atoms with Crippen LogP contribution >= 0.6 is 12.4 Å². The number of nitro groups is 1. The molecule has 0 radical (unpaired) electrons. The van der Waals surface area contributed by atoms with Gasteiger partial charge in [-0.05, 0) is 31.0 Å². The number of aromatic nitrogens is 4. The molecule has 1 fully saturated rings. The van der Waals surface area contributed by atoms with E-state index in [1.54, 1.807) is 6.07 Å². The van der Waals surface area contributed by atoms with Gasteiger partial charge in [0.2, 0.25) is 0 Å². The molecule has 4 heterocycles. The second kappa shape index (κ2) is 12.2. The lowest BCUT2D eigenvalue weighted by molar-refractivity contribution is -0.384. The van der Waals surface area contributed by atoms with E-state index in [0.717, 1.165) is 31.3 Å². The molecule has 11 nitrogen and oxygen atoms in total. The molecule has 1 aliphatic rings. The highest BCUT2D eigenvalue weighted by Crippen LogP contribution is 2.39. The van der Waals surface area contributed by atoms with E-state index in [2.05, 4.69) is 20.4 Å². The molecule has 222 valence electrons. The number of anilines is 3. The van der Waals surface area contributed by atoms with Crippen LogP contribution in [-0.2, 0) is 6.30 Å². The van der Waals surface area contributed by atoms with Crippen LogP contribution in [0.3, 0.4) is 0 Å². The monoisotopic (exact) mass is 608 g/mol. The molecule has 5 rings (SSSR count). The first-order valence-electron chi connectivity index (χ1n) is 12.4. The van der Waals surface area contributed by atoms with E-state index in [4.69, 9.17) is 10.5 Å². The highest BCUT2D eigenvalue weighted by molar-refractivity contribution is 5.85. The van der Waals surface area contributed by atoms with Crippen molar-refractivity contribution >= 4 is 35.4 Å². The van der Waals surface area contributed by atoms with Gasteiger partial charge in [0.15, 0.2) is 5.69 Å². The summed E-state index contributed by atoms with van der Waals surface area (Å²) in [6.45, 7) is 1.08. The van der Waals surface area contributed by atoms with E-state index in [1.165, 1.54) is 37.6 Å². The summed E-state index contributed by atoms with van der Waals surface area (Å²) in [6.07, 6.45) is 0.303. The Morgan fingerprint density at radius 1 is 1.19 bits per heavy atom. The van der Waals surface area contributed by atoms with Crippen LogP contribution in [0.25, 0.3) is 22.4 Å². The summed E-state index contributed by atoms with van der Waals surface area (Å²) in [4.78, 5) is 21.7. The van der Waals surface area contributed by atoms with Gasteiger partial charge in [-0.2, -0.15) is 9.78 Å². The number of nitrogens with one attached hydrogen (secondary N) is 1. The minimum Gasteiger partial charge on any atom is -0.496 e. The third-order valence-corrected chi connectivity index (χ3v) is 6.59. The highest BCUT2D eigenvalue weighted by Gasteiger charge is 2.32. The highest BCUT2D eigenvalue weighted by atomic mass is 35.5. The van der Waals surface area contributed by atoms with Gasteiger partial charge in [0.25, 0.3) is 5.69 Å². The number of nitrogens with two attached hydrogens (primary N) is 1. The first kappa shape index (κ1) is 30.5. The van der Waals surface area contributed by atoms with Crippen molar-refractivity contribution in [1.29, 1.82) is 0 Å². The van der Waals surface area contributed by atoms with Crippen molar-refractivity contribution < 1.29 is 27.2 Å². The van der Waals surface area contributed by atoms with Crippen molar-refractivity contribution in [2.24, 2.45) is 5.73 Å². The normalized spacial score (nSPS) is 15.2. The van der Waals surface area contributed by atoms with Crippen LogP contribution in [0, 0.1) is 15.9 Å². The van der Waals surface area contributed by atoms with E-state index < -0.39 is 22.7 Å². The van der Waals surface area contributed by atoms with E-state index in [0.29, 0.717) is 24.3 Å². The Hall–Kier alpha value is -4.50. The van der Waals surface area contributed by atoms with Crippen molar-refractivity contribution in [3.8, 4) is 28.1 Å². The van der Waals surface area contributed by atoms with Crippen molar-refractivity contribution in [3.05, 3.63) is 70.9 Å². The maximum atomic E-state index is 14.8. The van der Waals surface area contributed by atoms with Gasteiger partial charge in [-0.3, -0.25) is 10.1 Å². The number of benzene rings is 1. The predicted molar refractivity (Wildman–Crippen MR) is 150 cm³/mol. The summed E-state index contributed by atoms with van der Waals surface area (Å²) >= 11 is 0. The van der Waals surface area contributed by atoms with Gasteiger partial charge in [-0.1, -0.05) is 6.07 Å². The molecular weight excluding hydrogens is 584 g/mol. The number of alkyl halides is 3. The molecular formula is C26H25ClF4N8O3. The second-order valence-electron chi connectivity index (χ2n) is 9.34. The van der Waals surface area contributed by atoms with Crippen LogP contribution in [0.5, 0.6) is 5.75 Å². The topological polar surface area (TPSA) is 137 Å². The summed E-state index contributed by atoms with van der Waals surface area (Å²) in [5, 5.41) is 18.1. The van der Waals surface area contributed by atoms with Crippen molar-refractivity contribution in [2.75, 3.05) is 30.4 Å². The van der Waals surface area contributed by atoms with Gasteiger partial charge in [0.1, 0.15) is 23.2 Å². The number of pyridine rings is 2. The Labute approximate surface area is 242 Å². The predicted octanol–water partition coefficient (Wildman–Crippen LogP) is 5.63. The summed E-state index contributed by atoms with van der Waals surface area (Å²) < 4.78 is 59.6. The smallest absolute Gasteiger partial charge is 0.496 e. The summed E-state index contributed by atoms with van der Waals surface area (Å²) in [5.41, 5.74) is 6.48. The van der Waals surface area contributed by atoms with Gasteiger partial charge < -0.3 is 20.7 Å². The number of methoxy groups -OCH3 is 1. The fourth-order valence-corrected chi connectivity index (χ4v) is 4.71. The standard InChI is InChI=1S/C26H24F4N8O3.ClH/c1-41-21-6-2-5-18(27)24(21)25-19(38(39)40)7-8-22(35-25)34-23-10-20(36-9-3-4-16(31)14-36)17(12-32-23)15-11-33-37(13-15)26(28,29)30;/h2,5-8,10-13,16H,3-4,9,14,31H2,1H3,(H,32,34,35);1H/t16-;/m0./s1. The third kappa shape index (κ3) is 6.21. The van der Waals surface area contributed by atoms with Crippen molar-refractivity contribution in [2.45, 2.75) is 25.2 Å². The van der Waals surface area contributed by atoms with Crippen LogP contribution in [0.4, 0.5) is 40.6 Å². The molecule has 3 aromatic heterocycles. The second-order valence-corrected chi connectivity index (χ2v) is 9.34. The lowest BCUT2D eigenvalue weighted by Gasteiger charge is -2.34. The SMILES string of the molecule is COc1cccc(F)c1-c1nc(Nc2cc(N3CCC[C@H](N)C3)c(-c3cnn(C(F)(F)F)c3)cn2)ccc1[N+](=O)[O-].Cl. The summed E-state index contributed by atoms with van der Waals surface area (Å²) in [6, 6.07) is 8.03. The molecule has 0 amide bonds. The Morgan fingerprint density at radius 2 is 1.98 bits per heavy atom. The number of hydrogen-bond acceptors (Lipinski definition) is 9. The van der Waals surface area contributed by atoms with Crippen LogP contribution in [0.1, 0.15) is 12.8 Å². The van der Waals surface area contributed by atoms with E-state index in [1.807, 2.05) is 4.90 Å². The molecule has 0 unspecified atom stereocenters. The Kier molecular flexibility index (Phi) is 8.82. The molecule has 1 aliphatic heterocycles. The summed E-state index contributed by atoms with van der Waals surface area (Å²) in [5.74, 6) is -0.340. The number of piperidine rings is 1. The molecule has 0 aliphatic carbocycles. The quantitative estimate of drug-likeness (QED) is 0.155. The van der Waals surface area contributed by atoms with Gasteiger partial charge in [-0.25, -0.2) is 14.4 Å². The fourth-order valence-electron chi connectivity index (χ4n) is 4.71. The van der Waals surface area contributed by atoms with E-state index >= 15 is 0 Å². The first-order chi connectivity index (χ1) is 19.5. The minimum atomic E-state index is -4.68. The Bertz CT molecular complexity index is 1600. The number of hydrogen-bond donors (Lipinski definition) is 2. The molecule has 1 saturated heterocycles. The zero-order chi connectivity index (χ0) is 29.3. The van der Waals surface area contributed by atoms with Crippen LogP contribution in [0.2, 0.25) is 0 Å².